The summed E-state index contributed by atoms with van der Waals surface area (Å²) in [5.41, 5.74) is 2.63. The second-order valence-corrected chi connectivity index (χ2v) is 7.33. The number of hydrogen-bond acceptors (Lipinski definition) is 4. The van der Waals surface area contributed by atoms with Gasteiger partial charge in [0.05, 0.1) is 6.54 Å². The molecule has 0 aliphatic rings. The first kappa shape index (κ1) is 21.9. The molecule has 0 aliphatic carbocycles. The van der Waals surface area contributed by atoms with E-state index in [2.05, 4.69) is 21.3 Å². The number of benzene rings is 2. The molecule has 4 N–H and O–H groups in total. The standard InChI is InChI=1S/C22H28N4O3/c1-14(2)21(28)26-19-11-9-17(10-12-19)23-13-20(27)25-18-7-5-16(6-8-18)22(29)24-15(3)4/h5-12,14-15,23H,13H2,1-4H3,(H,24,29)(H,25,27)(H,26,28). The molecule has 0 saturated heterocycles. The quantitative estimate of drug-likeness (QED) is 0.549. The molecule has 0 radical (unpaired) electrons. The molecule has 7 heteroatoms. The Kier molecular flexibility index (Phi) is 7.77. The van der Waals surface area contributed by atoms with Gasteiger partial charge in [-0.15, -0.1) is 0 Å². The summed E-state index contributed by atoms with van der Waals surface area (Å²) in [6.07, 6.45) is 0. The Hall–Kier alpha value is -3.35. The second kappa shape index (κ2) is 10.3. The van der Waals surface area contributed by atoms with Crippen molar-refractivity contribution in [2.75, 3.05) is 22.5 Å². The first-order valence-corrected chi connectivity index (χ1v) is 9.60. The zero-order valence-corrected chi connectivity index (χ0v) is 17.2. The molecule has 29 heavy (non-hydrogen) atoms. The molecule has 2 aromatic carbocycles. The summed E-state index contributed by atoms with van der Waals surface area (Å²) in [7, 11) is 0. The van der Waals surface area contributed by atoms with Crippen molar-refractivity contribution >= 4 is 34.8 Å². The summed E-state index contributed by atoms with van der Waals surface area (Å²) in [6.45, 7) is 7.55. The van der Waals surface area contributed by atoms with Crippen molar-refractivity contribution in [3.63, 3.8) is 0 Å². The van der Waals surface area contributed by atoms with Gasteiger partial charge in [-0.3, -0.25) is 14.4 Å². The lowest BCUT2D eigenvalue weighted by atomic mass is 10.2. The van der Waals surface area contributed by atoms with Crippen molar-refractivity contribution in [1.82, 2.24) is 5.32 Å². The number of amides is 3. The number of rotatable bonds is 8. The Labute approximate surface area is 171 Å². The molecule has 0 unspecified atom stereocenters. The lowest BCUT2D eigenvalue weighted by Crippen LogP contribution is -2.30. The van der Waals surface area contributed by atoms with Gasteiger partial charge in [-0.05, 0) is 62.4 Å². The van der Waals surface area contributed by atoms with Crippen LogP contribution >= 0.6 is 0 Å². The van der Waals surface area contributed by atoms with Crippen molar-refractivity contribution in [3.8, 4) is 0 Å². The maximum atomic E-state index is 12.1. The Bertz CT molecular complexity index is 843. The van der Waals surface area contributed by atoms with Crippen molar-refractivity contribution in [1.29, 1.82) is 0 Å². The Balaban J connectivity index is 1.82. The summed E-state index contributed by atoms with van der Waals surface area (Å²) >= 11 is 0. The topological polar surface area (TPSA) is 99.3 Å². The number of anilines is 3. The molecule has 0 aromatic heterocycles. The van der Waals surface area contributed by atoms with Crippen molar-refractivity contribution < 1.29 is 14.4 Å². The van der Waals surface area contributed by atoms with Crippen LogP contribution in [0.1, 0.15) is 38.1 Å². The van der Waals surface area contributed by atoms with Gasteiger partial charge in [-0.2, -0.15) is 0 Å². The molecule has 0 fully saturated rings. The van der Waals surface area contributed by atoms with Crippen LogP contribution in [0.25, 0.3) is 0 Å². The molecular formula is C22H28N4O3. The fourth-order valence-corrected chi connectivity index (χ4v) is 2.40. The molecule has 3 amide bonds. The number of carbonyl (C=O) groups is 3. The van der Waals surface area contributed by atoms with Gasteiger partial charge < -0.3 is 21.3 Å². The summed E-state index contributed by atoms with van der Waals surface area (Å²) in [5.74, 6) is -0.484. The van der Waals surface area contributed by atoms with Crippen LogP contribution in [0.15, 0.2) is 48.5 Å². The maximum absolute atomic E-state index is 12.1. The van der Waals surface area contributed by atoms with Crippen LogP contribution < -0.4 is 21.3 Å². The van der Waals surface area contributed by atoms with E-state index in [0.29, 0.717) is 16.9 Å². The Morgan fingerprint density at radius 2 is 1.28 bits per heavy atom. The largest absolute Gasteiger partial charge is 0.376 e. The molecule has 0 heterocycles. The predicted octanol–water partition coefficient (Wildman–Crippen LogP) is 3.47. The summed E-state index contributed by atoms with van der Waals surface area (Å²) in [4.78, 5) is 35.7. The molecule has 2 rings (SSSR count). The first-order chi connectivity index (χ1) is 13.7. The van der Waals surface area contributed by atoms with Crippen molar-refractivity contribution in [2.24, 2.45) is 5.92 Å². The smallest absolute Gasteiger partial charge is 0.251 e. The third-order valence-electron chi connectivity index (χ3n) is 3.98. The van der Waals surface area contributed by atoms with E-state index < -0.39 is 0 Å². The minimum atomic E-state index is -0.207. The highest BCUT2D eigenvalue weighted by molar-refractivity contribution is 5.97. The maximum Gasteiger partial charge on any atom is 0.251 e. The van der Waals surface area contributed by atoms with E-state index in [-0.39, 0.29) is 36.2 Å². The summed E-state index contributed by atoms with van der Waals surface area (Å²) in [5, 5.41) is 11.4. The van der Waals surface area contributed by atoms with Crippen LogP contribution in [0.5, 0.6) is 0 Å². The van der Waals surface area contributed by atoms with Crippen LogP contribution in [-0.2, 0) is 9.59 Å². The van der Waals surface area contributed by atoms with E-state index >= 15 is 0 Å². The molecule has 2 aromatic rings. The average Bonchev–Trinajstić information content (AvgIpc) is 2.67. The molecule has 0 bridgehead atoms. The van der Waals surface area contributed by atoms with E-state index in [1.165, 1.54) is 0 Å². The van der Waals surface area contributed by atoms with Crippen LogP contribution in [-0.4, -0.2) is 30.3 Å². The Morgan fingerprint density at radius 1 is 0.759 bits per heavy atom. The van der Waals surface area contributed by atoms with Gasteiger partial charge in [0, 0.05) is 34.6 Å². The molecule has 7 nitrogen and oxygen atoms in total. The van der Waals surface area contributed by atoms with Crippen LogP contribution in [0.2, 0.25) is 0 Å². The molecular weight excluding hydrogens is 368 g/mol. The van der Waals surface area contributed by atoms with Gasteiger partial charge in [-0.25, -0.2) is 0 Å². The average molecular weight is 396 g/mol. The highest BCUT2D eigenvalue weighted by atomic mass is 16.2. The lowest BCUT2D eigenvalue weighted by Gasteiger charge is -2.11. The second-order valence-electron chi connectivity index (χ2n) is 7.33. The molecule has 0 aliphatic heterocycles. The zero-order chi connectivity index (χ0) is 21.4. The van der Waals surface area contributed by atoms with Crippen LogP contribution in [0.4, 0.5) is 17.1 Å². The summed E-state index contributed by atoms with van der Waals surface area (Å²) < 4.78 is 0. The Morgan fingerprint density at radius 3 is 1.83 bits per heavy atom. The van der Waals surface area contributed by atoms with Crippen molar-refractivity contribution in [3.05, 3.63) is 54.1 Å². The van der Waals surface area contributed by atoms with E-state index in [4.69, 9.17) is 0 Å². The lowest BCUT2D eigenvalue weighted by molar-refractivity contribution is -0.119. The first-order valence-electron chi connectivity index (χ1n) is 9.60. The molecule has 154 valence electrons. The van der Waals surface area contributed by atoms with Gasteiger partial charge in [0.15, 0.2) is 0 Å². The zero-order valence-electron chi connectivity index (χ0n) is 17.2. The van der Waals surface area contributed by atoms with E-state index in [1.54, 1.807) is 48.5 Å². The molecule has 0 atom stereocenters. The third kappa shape index (κ3) is 7.29. The number of hydrogen-bond donors (Lipinski definition) is 4. The van der Waals surface area contributed by atoms with Gasteiger partial charge in [0.2, 0.25) is 11.8 Å². The molecule has 0 spiro atoms. The van der Waals surface area contributed by atoms with Crippen LogP contribution in [0.3, 0.4) is 0 Å². The van der Waals surface area contributed by atoms with E-state index in [1.807, 2.05) is 27.7 Å². The van der Waals surface area contributed by atoms with E-state index in [9.17, 15) is 14.4 Å². The van der Waals surface area contributed by atoms with Crippen molar-refractivity contribution in [2.45, 2.75) is 33.7 Å². The minimum absolute atomic E-state index is 0.0437. The minimum Gasteiger partial charge on any atom is -0.376 e. The highest BCUT2D eigenvalue weighted by Crippen LogP contribution is 2.15. The monoisotopic (exact) mass is 396 g/mol. The van der Waals surface area contributed by atoms with Gasteiger partial charge in [0.25, 0.3) is 5.91 Å². The molecule has 0 saturated carbocycles. The van der Waals surface area contributed by atoms with Gasteiger partial charge in [0.1, 0.15) is 0 Å². The van der Waals surface area contributed by atoms with Gasteiger partial charge in [-0.1, -0.05) is 13.8 Å². The predicted molar refractivity (Wildman–Crippen MR) is 116 cm³/mol. The normalized spacial score (nSPS) is 10.6. The highest BCUT2D eigenvalue weighted by Gasteiger charge is 2.09. The van der Waals surface area contributed by atoms with Crippen LogP contribution in [0, 0.1) is 5.92 Å². The SMILES string of the molecule is CC(C)NC(=O)c1ccc(NC(=O)CNc2ccc(NC(=O)C(C)C)cc2)cc1. The van der Waals surface area contributed by atoms with Gasteiger partial charge >= 0.3 is 0 Å². The summed E-state index contributed by atoms with van der Waals surface area (Å²) in [6, 6.07) is 13.9. The fourth-order valence-electron chi connectivity index (χ4n) is 2.40. The number of carbonyl (C=O) groups excluding carboxylic acids is 3. The fraction of sp³-hybridized carbons (Fsp3) is 0.318. The number of nitrogens with one attached hydrogen (secondary N) is 4. The van der Waals surface area contributed by atoms with E-state index in [0.717, 1.165) is 5.69 Å². The third-order valence-corrected chi connectivity index (χ3v) is 3.98.